The Morgan fingerprint density at radius 3 is 2.69 bits per heavy atom. The van der Waals surface area contributed by atoms with Gasteiger partial charge in [0.25, 0.3) is 5.91 Å². The number of rotatable bonds is 4. The molecule has 1 aliphatic rings. The summed E-state index contributed by atoms with van der Waals surface area (Å²) < 4.78 is 30.1. The summed E-state index contributed by atoms with van der Waals surface area (Å²) in [6, 6.07) is 18.4. The van der Waals surface area contributed by atoms with E-state index >= 15 is 0 Å². The Kier molecular flexibility index (Phi) is 5.42. The summed E-state index contributed by atoms with van der Waals surface area (Å²) in [4.78, 5) is 17.1. The van der Waals surface area contributed by atoms with Crippen LogP contribution in [-0.2, 0) is 27.7 Å². The molecule has 0 saturated heterocycles. The van der Waals surface area contributed by atoms with E-state index in [4.69, 9.17) is 4.74 Å². The third kappa shape index (κ3) is 4.36. The molecule has 1 aromatic heterocycles. The van der Waals surface area contributed by atoms with Crippen LogP contribution in [0.1, 0.15) is 21.6 Å². The normalized spacial score (nSPS) is 15.2. The average Bonchev–Trinajstić information content (AvgIpc) is 2.90. The Morgan fingerprint density at radius 1 is 1.03 bits per heavy atom. The van der Waals surface area contributed by atoms with Gasteiger partial charge in [-0.1, -0.05) is 36.4 Å². The van der Waals surface area contributed by atoms with Crippen molar-refractivity contribution in [3.8, 4) is 11.1 Å². The molecular formula is C22H20N2O4S. The summed E-state index contributed by atoms with van der Waals surface area (Å²) in [6.07, 6.45) is 1.71. The number of amides is 1. The van der Waals surface area contributed by atoms with E-state index in [1.54, 1.807) is 18.3 Å². The fraction of sp³-hybridized carbons (Fsp3) is 0.182. The molecule has 0 unspecified atom stereocenters. The molecule has 1 N–H and O–H groups in total. The van der Waals surface area contributed by atoms with E-state index in [0.29, 0.717) is 11.1 Å². The quantitative estimate of drug-likeness (QED) is 0.717. The van der Waals surface area contributed by atoms with Crippen LogP contribution in [-0.4, -0.2) is 31.7 Å². The Hall–Kier alpha value is -3.03. The monoisotopic (exact) mass is 408 g/mol. The van der Waals surface area contributed by atoms with E-state index in [1.807, 2.05) is 42.5 Å². The fourth-order valence-electron chi connectivity index (χ4n) is 3.22. The van der Waals surface area contributed by atoms with Gasteiger partial charge < -0.3 is 10.1 Å². The van der Waals surface area contributed by atoms with Gasteiger partial charge in [0.15, 0.2) is 9.84 Å². The number of ether oxygens (including phenoxy) is 1. The summed E-state index contributed by atoms with van der Waals surface area (Å²) >= 11 is 0. The molecule has 0 spiro atoms. The number of nitrogens with one attached hydrogen (secondary N) is 1. The molecule has 2 heterocycles. The molecule has 0 aliphatic carbocycles. The Labute approximate surface area is 169 Å². The van der Waals surface area contributed by atoms with Gasteiger partial charge in [0.2, 0.25) is 0 Å². The molecule has 0 fully saturated rings. The standard InChI is InChI=1S/C22H20N2O4S/c25-22(18-6-7-19-15-28-10-11-29(26,27)21(19)13-18)24-14-20-12-17(8-9-23-20)16-4-2-1-3-5-16/h1-9,12-13H,10-11,14-15H2,(H,24,25). The van der Waals surface area contributed by atoms with Gasteiger partial charge in [-0.2, -0.15) is 0 Å². The van der Waals surface area contributed by atoms with Crippen molar-refractivity contribution in [2.24, 2.45) is 0 Å². The molecule has 1 aliphatic heterocycles. The molecule has 3 aromatic rings. The van der Waals surface area contributed by atoms with Crippen molar-refractivity contribution in [3.63, 3.8) is 0 Å². The molecule has 0 atom stereocenters. The molecule has 148 valence electrons. The second kappa shape index (κ2) is 8.14. The minimum atomic E-state index is -3.46. The van der Waals surface area contributed by atoms with E-state index < -0.39 is 9.84 Å². The van der Waals surface area contributed by atoms with Gasteiger partial charge in [-0.3, -0.25) is 9.78 Å². The molecule has 29 heavy (non-hydrogen) atoms. The summed E-state index contributed by atoms with van der Waals surface area (Å²) in [5.74, 6) is -0.429. The second-order valence-electron chi connectivity index (χ2n) is 6.78. The molecule has 0 radical (unpaired) electrons. The van der Waals surface area contributed by atoms with Crippen LogP contribution in [0.3, 0.4) is 0 Å². The van der Waals surface area contributed by atoms with E-state index in [-0.39, 0.29) is 36.3 Å². The van der Waals surface area contributed by atoms with E-state index in [0.717, 1.165) is 16.8 Å². The van der Waals surface area contributed by atoms with Gasteiger partial charge >= 0.3 is 0 Å². The van der Waals surface area contributed by atoms with Crippen LogP contribution < -0.4 is 5.32 Å². The van der Waals surface area contributed by atoms with Crippen LogP contribution in [0.4, 0.5) is 0 Å². The number of benzene rings is 2. The zero-order valence-corrected chi connectivity index (χ0v) is 16.5. The number of hydrogen-bond donors (Lipinski definition) is 1. The lowest BCUT2D eigenvalue weighted by atomic mass is 10.1. The predicted molar refractivity (Wildman–Crippen MR) is 109 cm³/mol. The van der Waals surface area contributed by atoms with Crippen molar-refractivity contribution in [2.75, 3.05) is 12.4 Å². The first kappa shape index (κ1) is 19.3. The van der Waals surface area contributed by atoms with Crippen LogP contribution in [0.2, 0.25) is 0 Å². The predicted octanol–water partition coefficient (Wildman–Crippen LogP) is 2.98. The molecule has 7 heteroatoms. The van der Waals surface area contributed by atoms with Crippen molar-refractivity contribution in [1.29, 1.82) is 0 Å². The molecular weight excluding hydrogens is 388 g/mol. The van der Waals surface area contributed by atoms with Gasteiger partial charge in [-0.15, -0.1) is 0 Å². The van der Waals surface area contributed by atoms with Crippen LogP contribution in [0, 0.1) is 0 Å². The van der Waals surface area contributed by atoms with Gasteiger partial charge in [0.05, 0.1) is 36.1 Å². The molecule has 2 aromatic carbocycles. The number of hydrogen-bond acceptors (Lipinski definition) is 5. The Morgan fingerprint density at radius 2 is 1.86 bits per heavy atom. The highest BCUT2D eigenvalue weighted by molar-refractivity contribution is 7.91. The van der Waals surface area contributed by atoms with Crippen molar-refractivity contribution in [3.05, 3.63) is 83.7 Å². The minimum absolute atomic E-state index is 0.0821. The highest BCUT2D eigenvalue weighted by Crippen LogP contribution is 2.23. The van der Waals surface area contributed by atoms with Gasteiger partial charge in [0, 0.05) is 11.8 Å². The zero-order valence-electron chi connectivity index (χ0n) is 15.7. The highest BCUT2D eigenvalue weighted by atomic mass is 32.2. The number of pyridine rings is 1. The first-order chi connectivity index (χ1) is 14.0. The van der Waals surface area contributed by atoms with E-state index in [1.165, 1.54) is 6.07 Å². The summed E-state index contributed by atoms with van der Waals surface area (Å²) in [7, 11) is -3.46. The number of nitrogens with zero attached hydrogens (tertiary/aromatic N) is 1. The molecule has 4 rings (SSSR count). The van der Waals surface area contributed by atoms with Crippen LogP contribution in [0.15, 0.2) is 71.8 Å². The topological polar surface area (TPSA) is 85.4 Å². The van der Waals surface area contributed by atoms with Gasteiger partial charge in [0.1, 0.15) is 0 Å². The van der Waals surface area contributed by atoms with Crippen LogP contribution >= 0.6 is 0 Å². The fourth-order valence-corrected chi connectivity index (χ4v) is 4.61. The largest absolute Gasteiger partial charge is 0.376 e. The third-order valence-electron chi connectivity index (χ3n) is 4.77. The molecule has 1 amide bonds. The first-order valence-electron chi connectivity index (χ1n) is 9.25. The number of aromatic nitrogens is 1. The average molecular weight is 408 g/mol. The maximum Gasteiger partial charge on any atom is 0.251 e. The first-order valence-corrected chi connectivity index (χ1v) is 10.9. The SMILES string of the molecule is O=C(NCc1cc(-c2ccccc2)ccn1)c1ccc2c(c1)S(=O)(=O)CCOC2. The van der Waals surface area contributed by atoms with Gasteiger partial charge in [-0.05, 0) is 41.0 Å². The minimum Gasteiger partial charge on any atom is -0.376 e. The second-order valence-corrected chi connectivity index (χ2v) is 8.86. The van der Waals surface area contributed by atoms with Crippen LogP contribution in [0.5, 0.6) is 0 Å². The smallest absolute Gasteiger partial charge is 0.251 e. The van der Waals surface area contributed by atoms with Crippen molar-refractivity contribution in [2.45, 2.75) is 18.0 Å². The maximum absolute atomic E-state index is 12.6. The zero-order chi connectivity index (χ0) is 20.3. The van der Waals surface area contributed by atoms with E-state index in [9.17, 15) is 13.2 Å². The Balaban J connectivity index is 1.50. The lowest BCUT2D eigenvalue weighted by Crippen LogP contribution is -2.23. The number of carbonyl (C=O) groups is 1. The van der Waals surface area contributed by atoms with Crippen molar-refractivity contribution < 1.29 is 17.9 Å². The lowest BCUT2D eigenvalue weighted by Gasteiger charge is -2.10. The summed E-state index contributed by atoms with van der Waals surface area (Å²) in [5, 5.41) is 2.82. The third-order valence-corrected chi connectivity index (χ3v) is 6.53. The van der Waals surface area contributed by atoms with Crippen molar-refractivity contribution >= 4 is 15.7 Å². The lowest BCUT2D eigenvalue weighted by molar-refractivity contribution is 0.0950. The summed E-state index contributed by atoms with van der Waals surface area (Å²) in [6.45, 7) is 0.626. The van der Waals surface area contributed by atoms with Crippen molar-refractivity contribution in [1.82, 2.24) is 10.3 Å². The Bertz CT molecular complexity index is 1140. The molecule has 0 saturated carbocycles. The van der Waals surface area contributed by atoms with E-state index in [2.05, 4.69) is 10.3 Å². The van der Waals surface area contributed by atoms with Gasteiger partial charge in [-0.25, -0.2) is 8.42 Å². The number of sulfone groups is 1. The summed E-state index contributed by atoms with van der Waals surface area (Å²) in [5.41, 5.74) is 3.68. The highest BCUT2D eigenvalue weighted by Gasteiger charge is 2.23. The number of fused-ring (bicyclic) bond motifs is 1. The maximum atomic E-state index is 12.6. The number of carbonyl (C=O) groups excluding carboxylic acids is 1. The molecule has 0 bridgehead atoms. The molecule has 6 nitrogen and oxygen atoms in total. The van der Waals surface area contributed by atoms with Crippen LogP contribution in [0.25, 0.3) is 11.1 Å².